The van der Waals surface area contributed by atoms with Gasteiger partial charge in [0.25, 0.3) is 11.7 Å². The van der Waals surface area contributed by atoms with E-state index in [0.717, 1.165) is 5.56 Å². The van der Waals surface area contributed by atoms with Crippen LogP contribution in [0, 0.1) is 11.3 Å². The first-order chi connectivity index (χ1) is 9.22. The third-order valence-corrected chi connectivity index (χ3v) is 2.45. The van der Waals surface area contributed by atoms with Crippen molar-refractivity contribution >= 4 is 5.91 Å². The zero-order valence-corrected chi connectivity index (χ0v) is 10.4. The Kier molecular flexibility index (Phi) is 3.88. The molecular formula is C13H12N4O2. The van der Waals surface area contributed by atoms with Gasteiger partial charge >= 0.3 is 0 Å². The zero-order chi connectivity index (χ0) is 13.7. The molecule has 1 N–H and O–H groups in total. The van der Waals surface area contributed by atoms with E-state index in [1.807, 2.05) is 25.1 Å². The van der Waals surface area contributed by atoms with Gasteiger partial charge in [0, 0.05) is 6.54 Å². The van der Waals surface area contributed by atoms with E-state index in [1.54, 1.807) is 12.1 Å². The highest BCUT2D eigenvalue weighted by atomic mass is 16.5. The van der Waals surface area contributed by atoms with E-state index in [-0.39, 0.29) is 11.7 Å². The summed E-state index contributed by atoms with van der Waals surface area (Å²) in [6.07, 6.45) is 0.429. The molecule has 19 heavy (non-hydrogen) atoms. The Morgan fingerprint density at radius 2 is 2.16 bits per heavy atom. The Morgan fingerprint density at radius 1 is 1.42 bits per heavy atom. The maximum atomic E-state index is 11.5. The predicted molar refractivity (Wildman–Crippen MR) is 66.3 cm³/mol. The molecule has 2 aromatic rings. The van der Waals surface area contributed by atoms with Crippen LogP contribution in [-0.4, -0.2) is 22.6 Å². The van der Waals surface area contributed by atoms with Crippen LogP contribution in [0.4, 0.5) is 0 Å². The molecule has 0 aliphatic heterocycles. The van der Waals surface area contributed by atoms with Gasteiger partial charge in [-0.05, 0) is 24.6 Å². The van der Waals surface area contributed by atoms with Gasteiger partial charge in [0.15, 0.2) is 0 Å². The van der Waals surface area contributed by atoms with Gasteiger partial charge in [-0.3, -0.25) is 4.79 Å². The van der Waals surface area contributed by atoms with E-state index in [1.165, 1.54) is 0 Å². The Bertz CT molecular complexity index is 610. The molecule has 1 amide bonds. The highest BCUT2D eigenvalue weighted by molar-refractivity contribution is 5.90. The molecule has 0 fully saturated rings. The van der Waals surface area contributed by atoms with Gasteiger partial charge in [0.1, 0.15) is 0 Å². The van der Waals surface area contributed by atoms with Crippen molar-refractivity contribution in [3.63, 3.8) is 0 Å². The number of nitriles is 1. The Hall–Kier alpha value is -2.68. The second-order valence-electron chi connectivity index (χ2n) is 3.86. The Balaban J connectivity index is 2.07. The van der Waals surface area contributed by atoms with Crippen molar-refractivity contribution in [2.75, 3.05) is 6.54 Å². The van der Waals surface area contributed by atoms with Crippen LogP contribution < -0.4 is 5.32 Å². The van der Waals surface area contributed by atoms with E-state index in [9.17, 15) is 4.79 Å². The lowest BCUT2D eigenvalue weighted by atomic mass is 10.1. The molecule has 1 aromatic carbocycles. The summed E-state index contributed by atoms with van der Waals surface area (Å²) < 4.78 is 5.01. The van der Waals surface area contributed by atoms with Gasteiger partial charge < -0.3 is 9.84 Å². The predicted octanol–water partition coefficient (Wildman–Crippen LogP) is 1.28. The molecule has 0 unspecified atom stereocenters. The van der Waals surface area contributed by atoms with Crippen molar-refractivity contribution in [3.05, 3.63) is 47.1 Å². The molecule has 0 spiro atoms. The molecule has 6 heteroatoms. The zero-order valence-electron chi connectivity index (χ0n) is 10.4. The van der Waals surface area contributed by atoms with Crippen molar-refractivity contribution in [2.24, 2.45) is 0 Å². The summed E-state index contributed by atoms with van der Waals surface area (Å²) in [6, 6.07) is 9.11. The highest BCUT2D eigenvalue weighted by Gasteiger charge is 2.13. The first-order valence-electron chi connectivity index (χ1n) is 5.82. The average molecular weight is 256 g/mol. The lowest BCUT2D eigenvalue weighted by molar-refractivity contribution is 0.0942. The number of hydrogen-bond donors (Lipinski definition) is 1. The molecule has 1 aromatic heterocycles. The topological polar surface area (TPSA) is 91.8 Å². The van der Waals surface area contributed by atoms with Crippen LogP contribution in [0.15, 0.2) is 28.8 Å². The van der Waals surface area contributed by atoms with Crippen LogP contribution in [0.5, 0.6) is 0 Å². The van der Waals surface area contributed by atoms with Crippen LogP contribution in [0.2, 0.25) is 0 Å². The SMILES string of the molecule is CCNC(=O)c1noc(Cc2ccc(C#N)cc2)n1. The number of carbonyl (C=O) groups is 1. The van der Waals surface area contributed by atoms with Gasteiger partial charge in [0.2, 0.25) is 5.89 Å². The molecule has 0 saturated heterocycles. The molecule has 96 valence electrons. The number of carbonyl (C=O) groups excluding carboxylic acids is 1. The van der Waals surface area contributed by atoms with Gasteiger partial charge in [-0.15, -0.1) is 0 Å². The van der Waals surface area contributed by atoms with Crippen LogP contribution in [-0.2, 0) is 6.42 Å². The summed E-state index contributed by atoms with van der Waals surface area (Å²) in [5, 5.41) is 14.9. The van der Waals surface area contributed by atoms with E-state index in [4.69, 9.17) is 9.78 Å². The van der Waals surface area contributed by atoms with Crippen molar-refractivity contribution in [1.29, 1.82) is 5.26 Å². The summed E-state index contributed by atoms with van der Waals surface area (Å²) >= 11 is 0. The van der Waals surface area contributed by atoms with Gasteiger partial charge in [-0.25, -0.2) is 0 Å². The summed E-state index contributed by atoms with van der Waals surface area (Å²) in [7, 11) is 0. The minimum atomic E-state index is -0.350. The third kappa shape index (κ3) is 3.16. The Labute approximate surface area is 110 Å². The van der Waals surface area contributed by atoms with Crippen LogP contribution in [0.25, 0.3) is 0 Å². The first kappa shape index (κ1) is 12.8. The summed E-state index contributed by atoms with van der Waals surface area (Å²) in [4.78, 5) is 15.5. The van der Waals surface area contributed by atoms with Crippen LogP contribution >= 0.6 is 0 Å². The molecule has 0 radical (unpaired) electrons. The lowest BCUT2D eigenvalue weighted by Crippen LogP contribution is -2.23. The number of hydrogen-bond acceptors (Lipinski definition) is 5. The second kappa shape index (κ2) is 5.78. The van der Waals surface area contributed by atoms with Gasteiger partial charge in [-0.1, -0.05) is 17.3 Å². The first-order valence-corrected chi connectivity index (χ1v) is 5.82. The van der Waals surface area contributed by atoms with Gasteiger partial charge in [0.05, 0.1) is 18.1 Å². The van der Waals surface area contributed by atoms with Gasteiger partial charge in [-0.2, -0.15) is 10.2 Å². The van der Waals surface area contributed by atoms with E-state index in [2.05, 4.69) is 15.5 Å². The molecule has 1 heterocycles. The Morgan fingerprint density at radius 3 is 2.79 bits per heavy atom. The molecule has 6 nitrogen and oxygen atoms in total. The fraction of sp³-hybridized carbons (Fsp3) is 0.231. The van der Waals surface area contributed by atoms with Crippen molar-refractivity contribution < 1.29 is 9.32 Å². The number of benzene rings is 1. The molecule has 0 atom stereocenters. The summed E-state index contributed by atoms with van der Waals surface area (Å²) in [5.41, 5.74) is 1.53. The number of amides is 1. The number of aromatic nitrogens is 2. The maximum absolute atomic E-state index is 11.5. The maximum Gasteiger partial charge on any atom is 0.292 e. The molecule has 0 aliphatic rings. The van der Waals surface area contributed by atoms with E-state index >= 15 is 0 Å². The van der Waals surface area contributed by atoms with Crippen molar-refractivity contribution in [1.82, 2.24) is 15.5 Å². The third-order valence-electron chi connectivity index (χ3n) is 2.45. The lowest BCUT2D eigenvalue weighted by Gasteiger charge is -1.96. The average Bonchev–Trinajstić information content (AvgIpc) is 2.88. The van der Waals surface area contributed by atoms with Crippen LogP contribution in [0.3, 0.4) is 0 Å². The molecule has 2 rings (SSSR count). The quantitative estimate of drug-likeness (QED) is 0.889. The summed E-state index contributed by atoms with van der Waals surface area (Å²) in [6.45, 7) is 2.33. The number of nitrogens with one attached hydrogen (secondary N) is 1. The fourth-order valence-electron chi connectivity index (χ4n) is 1.53. The largest absolute Gasteiger partial charge is 0.349 e. The van der Waals surface area contributed by atoms with Crippen LogP contribution in [0.1, 0.15) is 34.6 Å². The summed E-state index contributed by atoms with van der Waals surface area (Å²) in [5.74, 6) is 0.0498. The second-order valence-corrected chi connectivity index (χ2v) is 3.86. The molecule has 0 aliphatic carbocycles. The molecule has 0 bridgehead atoms. The monoisotopic (exact) mass is 256 g/mol. The number of nitrogens with zero attached hydrogens (tertiary/aromatic N) is 3. The highest BCUT2D eigenvalue weighted by Crippen LogP contribution is 2.09. The minimum absolute atomic E-state index is 0.0329. The van der Waals surface area contributed by atoms with E-state index in [0.29, 0.717) is 24.4 Å². The standard InChI is InChI=1S/C13H12N4O2/c1-2-15-13(18)12-16-11(19-17-12)7-9-3-5-10(8-14)6-4-9/h3-6H,2,7H2,1H3,(H,15,18). The van der Waals surface area contributed by atoms with Crippen molar-refractivity contribution in [3.8, 4) is 6.07 Å². The molecular weight excluding hydrogens is 244 g/mol. The molecule has 0 saturated carbocycles. The number of rotatable bonds is 4. The smallest absolute Gasteiger partial charge is 0.292 e. The van der Waals surface area contributed by atoms with Crippen molar-refractivity contribution in [2.45, 2.75) is 13.3 Å². The minimum Gasteiger partial charge on any atom is -0.349 e. The fourth-order valence-corrected chi connectivity index (χ4v) is 1.53. The van der Waals surface area contributed by atoms with E-state index < -0.39 is 0 Å². The normalized spacial score (nSPS) is 9.89.